The molecule has 116 valence electrons. The lowest BCUT2D eigenvalue weighted by Crippen LogP contribution is -2.46. The summed E-state index contributed by atoms with van der Waals surface area (Å²) < 4.78 is 37.8. The van der Waals surface area contributed by atoms with Crippen LogP contribution in [0.15, 0.2) is 48.5 Å². The van der Waals surface area contributed by atoms with Gasteiger partial charge in [-0.1, -0.05) is 18.2 Å². The van der Waals surface area contributed by atoms with Crippen LogP contribution in [0.25, 0.3) is 0 Å². The highest BCUT2D eigenvalue weighted by Crippen LogP contribution is 2.32. The van der Waals surface area contributed by atoms with Crippen LogP contribution in [0.1, 0.15) is 26.3 Å². The molecule has 2 aromatic rings. The summed E-state index contributed by atoms with van der Waals surface area (Å²) in [5.74, 6) is -1.86. The number of nitrogens with one attached hydrogen (secondary N) is 1. The fourth-order valence-corrected chi connectivity index (χ4v) is 2.36. The molecule has 2 aromatic carbocycles. The van der Waals surface area contributed by atoms with Gasteiger partial charge in [0.05, 0.1) is 16.8 Å². The van der Waals surface area contributed by atoms with E-state index < -0.39 is 29.3 Å². The molecule has 0 fully saturated rings. The van der Waals surface area contributed by atoms with E-state index in [0.29, 0.717) is 0 Å². The van der Waals surface area contributed by atoms with E-state index in [0.717, 1.165) is 29.2 Å². The molecule has 0 atom stereocenters. The maximum absolute atomic E-state index is 12.6. The normalized spacial score (nSPS) is 14.9. The summed E-state index contributed by atoms with van der Waals surface area (Å²) in [7, 11) is 0. The molecular formula is C16H9F3N2O2. The summed E-state index contributed by atoms with van der Waals surface area (Å²) in [5.41, 5.74) is -0.598. The number of amides is 1. The number of ketones is 1. The molecule has 4 nitrogen and oxygen atoms in total. The van der Waals surface area contributed by atoms with Crippen molar-refractivity contribution in [3.05, 3.63) is 65.2 Å². The van der Waals surface area contributed by atoms with Crippen LogP contribution in [0, 0.1) is 5.41 Å². The topological polar surface area (TPSA) is 61.2 Å². The van der Waals surface area contributed by atoms with Crippen molar-refractivity contribution in [1.82, 2.24) is 0 Å². The van der Waals surface area contributed by atoms with E-state index in [1.807, 2.05) is 0 Å². The second-order valence-electron chi connectivity index (χ2n) is 4.91. The lowest BCUT2D eigenvalue weighted by Gasteiger charge is -2.28. The third kappa shape index (κ3) is 2.40. The molecule has 0 spiro atoms. The monoisotopic (exact) mass is 318 g/mol. The van der Waals surface area contributed by atoms with E-state index >= 15 is 0 Å². The smallest absolute Gasteiger partial charge is 0.285 e. The number of halogens is 3. The summed E-state index contributed by atoms with van der Waals surface area (Å²) >= 11 is 0. The number of rotatable bonds is 1. The molecule has 0 aromatic heterocycles. The van der Waals surface area contributed by atoms with Crippen molar-refractivity contribution in [2.75, 3.05) is 4.90 Å². The maximum Gasteiger partial charge on any atom is 0.416 e. The van der Waals surface area contributed by atoms with Gasteiger partial charge in [-0.3, -0.25) is 19.9 Å². The van der Waals surface area contributed by atoms with Crippen LogP contribution in [0.4, 0.5) is 18.9 Å². The van der Waals surface area contributed by atoms with Crippen molar-refractivity contribution in [3.63, 3.8) is 0 Å². The highest BCUT2D eigenvalue weighted by molar-refractivity contribution is 6.56. The van der Waals surface area contributed by atoms with Crippen molar-refractivity contribution >= 4 is 23.2 Å². The van der Waals surface area contributed by atoms with Crippen LogP contribution >= 0.6 is 0 Å². The van der Waals surface area contributed by atoms with E-state index in [1.165, 1.54) is 12.1 Å². The van der Waals surface area contributed by atoms with Gasteiger partial charge in [0.2, 0.25) is 5.78 Å². The van der Waals surface area contributed by atoms with Crippen molar-refractivity contribution in [1.29, 1.82) is 5.41 Å². The average molecular weight is 318 g/mol. The summed E-state index contributed by atoms with van der Waals surface area (Å²) in [6, 6.07) is 9.77. The van der Waals surface area contributed by atoms with E-state index in [2.05, 4.69) is 0 Å². The van der Waals surface area contributed by atoms with Crippen molar-refractivity contribution in [2.45, 2.75) is 6.18 Å². The molecule has 1 amide bonds. The Kier molecular flexibility index (Phi) is 3.28. The number of amidine groups is 1. The second-order valence-corrected chi connectivity index (χ2v) is 4.91. The van der Waals surface area contributed by atoms with Crippen LogP contribution in [-0.4, -0.2) is 17.5 Å². The van der Waals surface area contributed by atoms with Crippen molar-refractivity contribution < 1.29 is 22.8 Å². The molecule has 0 unspecified atom stereocenters. The predicted molar refractivity (Wildman–Crippen MR) is 76.8 cm³/mol. The number of hydrogen-bond donors (Lipinski definition) is 1. The molecule has 0 saturated heterocycles. The highest BCUT2D eigenvalue weighted by atomic mass is 19.4. The minimum absolute atomic E-state index is 0.0378. The minimum atomic E-state index is -4.50. The Labute approximate surface area is 128 Å². The van der Waals surface area contributed by atoms with E-state index in [-0.39, 0.29) is 16.8 Å². The number of anilines is 1. The standard InChI is InChI=1S/C16H9F3N2O2/c17-16(18,19)9-5-7-10(8-6-9)21-14(20)13(22)11-3-1-2-4-12(11)15(21)23/h1-8,20H. The molecule has 23 heavy (non-hydrogen) atoms. The van der Waals surface area contributed by atoms with Gasteiger partial charge >= 0.3 is 6.18 Å². The van der Waals surface area contributed by atoms with Gasteiger partial charge in [0, 0.05) is 5.56 Å². The first-order valence-electron chi connectivity index (χ1n) is 6.54. The lowest BCUT2D eigenvalue weighted by molar-refractivity contribution is -0.137. The zero-order valence-electron chi connectivity index (χ0n) is 11.5. The van der Waals surface area contributed by atoms with Crippen molar-refractivity contribution in [2.24, 2.45) is 0 Å². The van der Waals surface area contributed by atoms with Gasteiger partial charge in [0.15, 0.2) is 5.84 Å². The Morgan fingerprint density at radius 3 is 2.00 bits per heavy atom. The largest absolute Gasteiger partial charge is 0.416 e. The first kappa shape index (κ1) is 15.0. The molecule has 0 radical (unpaired) electrons. The Bertz CT molecular complexity index is 826. The van der Waals surface area contributed by atoms with Crippen LogP contribution in [-0.2, 0) is 6.18 Å². The highest BCUT2D eigenvalue weighted by Gasteiger charge is 2.36. The van der Waals surface area contributed by atoms with E-state index in [4.69, 9.17) is 5.41 Å². The lowest BCUT2D eigenvalue weighted by atomic mass is 9.96. The predicted octanol–water partition coefficient (Wildman–Crippen LogP) is 3.53. The van der Waals surface area contributed by atoms with Crippen LogP contribution in [0.3, 0.4) is 0 Å². The fraction of sp³-hybridized carbons (Fsp3) is 0.0625. The number of hydrogen-bond acceptors (Lipinski definition) is 3. The Balaban J connectivity index is 2.05. The first-order chi connectivity index (χ1) is 10.8. The van der Waals surface area contributed by atoms with Gasteiger partial charge in [-0.25, -0.2) is 0 Å². The summed E-state index contributed by atoms with van der Waals surface area (Å²) in [6.07, 6.45) is -4.50. The third-order valence-electron chi connectivity index (χ3n) is 3.50. The van der Waals surface area contributed by atoms with Gasteiger partial charge < -0.3 is 0 Å². The zero-order valence-corrected chi connectivity index (χ0v) is 11.5. The Hall–Kier alpha value is -2.96. The molecule has 0 bridgehead atoms. The molecule has 1 heterocycles. The maximum atomic E-state index is 12.6. The average Bonchev–Trinajstić information content (AvgIpc) is 2.53. The first-order valence-corrected chi connectivity index (χ1v) is 6.54. The number of fused-ring (bicyclic) bond motifs is 1. The number of carbonyl (C=O) groups excluding carboxylic acids is 2. The molecule has 1 N–H and O–H groups in total. The molecule has 3 rings (SSSR count). The second kappa shape index (κ2) is 5.05. The fourth-order valence-electron chi connectivity index (χ4n) is 2.36. The molecule has 7 heteroatoms. The molecule has 0 saturated carbocycles. The van der Waals surface area contributed by atoms with E-state index in [1.54, 1.807) is 12.1 Å². The van der Waals surface area contributed by atoms with Crippen LogP contribution in [0.5, 0.6) is 0 Å². The van der Waals surface area contributed by atoms with Gasteiger partial charge in [0.25, 0.3) is 5.91 Å². The SMILES string of the molecule is N=C1C(=O)c2ccccc2C(=O)N1c1ccc(C(F)(F)F)cc1. The molecule has 0 aliphatic carbocycles. The van der Waals surface area contributed by atoms with E-state index in [9.17, 15) is 22.8 Å². The number of Topliss-reactive ketones (excluding diaryl/α,β-unsaturated/α-hetero) is 1. The molecule has 1 aliphatic rings. The van der Waals surface area contributed by atoms with Crippen LogP contribution in [0.2, 0.25) is 0 Å². The van der Waals surface area contributed by atoms with Crippen LogP contribution < -0.4 is 4.90 Å². The summed E-state index contributed by atoms with van der Waals surface area (Å²) in [4.78, 5) is 25.4. The quantitative estimate of drug-likeness (QED) is 0.874. The Morgan fingerprint density at radius 1 is 0.870 bits per heavy atom. The van der Waals surface area contributed by atoms with Gasteiger partial charge in [0.1, 0.15) is 0 Å². The zero-order chi connectivity index (χ0) is 16.8. The number of nitrogens with zero attached hydrogens (tertiary/aromatic N) is 1. The third-order valence-corrected chi connectivity index (χ3v) is 3.50. The number of carbonyl (C=O) groups is 2. The Morgan fingerprint density at radius 2 is 1.43 bits per heavy atom. The molecule has 1 aliphatic heterocycles. The summed E-state index contributed by atoms with van der Waals surface area (Å²) in [5, 5.41) is 7.86. The summed E-state index contributed by atoms with van der Waals surface area (Å²) in [6.45, 7) is 0. The molecular weight excluding hydrogens is 309 g/mol. The minimum Gasteiger partial charge on any atom is -0.285 e. The number of benzene rings is 2. The van der Waals surface area contributed by atoms with Crippen molar-refractivity contribution in [3.8, 4) is 0 Å². The van der Waals surface area contributed by atoms with Gasteiger partial charge in [-0.05, 0) is 30.3 Å². The van der Waals surface area contributed by atoms with Gasteiger partial charge in [-0.2, -0.15) is 13.2 Å². The number of alkyl halides is 3. The van der Waals surface area contributed by atoms with Gasteiger partial charge in [-0.15, -0.1) is 0 Å².